The molecule has 1 N–H and O–H groups in total. The van der Waals surface area contributed by atoms with Crippen molar-refractivity contribution in [2.75, 3.05) is 6.54 Å². The summed E-state index contributed by atoms with van der Waals surface area (Å²) in [5.74, 6) is -0.758. The Hall–Kier alpha value is -2.05. The topological polar surface area (TPSA) is 40.5 Å². The van der Waals surface area contributed by atoms with Gasteiger partial charge in [-0.2, -0.15) is 13.2 Å². The molecule has 1 aliphatic heterocycles. The molecule has 1 heterocycles. The number of nitrogens with zero attached hydrogens (tertiary/aromatic N) is 1. The van der Waals surface area contributed by atoms with Crippen LogP contribution in [0.3, 0.4) is 0 Å². The van der Waals surface area contributed by atoms with Crippen molar-refractivity contribution in [3.05, 3.63) is 41.2 Å². The first-order chi connectivity index (χ1) is 10.9. The molecule has 1 atom stereocenters. The average molecular weight is 345 g/mol. The molecule has 0 fully saturated rings. The summed E-state index contributed by atoms with van der Waals surface area (Å²) in [5.41, 5.74) is -1.32. The van der Waals surface area contributed by atoms with E-state index >= 15 is 0 Å². The maximum absolute atomic E-state index is 13.5. The van der Waals surface area contributed by atoms with Crippen LogP contribution in [0.15, 0.2) is 24.3 Å². The van der Waals surface area contributed by atoms with Gasteiger partial charge in [0.05, 0.1) is 11.6 Å². The maximum atomic E-state index is 13.5. The molecule has 0 spiro atoms. The second-order valence-electron chi connectivity index (χ2n) is 6.92. The van der Waals surface area contributed by atoms with Gasteiger partial charge in [0.15, 0.2) is 0 Å². The van der Waals surface area contributed by atoms with E-state index < -0.39 is 35.1 Å². The van der Waals surface area contributed by atoms with Gasteiger partial charge in [-0.05, 0) is 41.2 Å². The monoisotopic (exact) mass is 345 g/mol. The molecular weight excluding hydrogens is 326 g/mol. The van der Waals surface area contributed by atoms with Gasteiger partial charge in [0, 0.05) is 6.54 Å². The van der Waals surface area contributed by atoms with Crippen molar-refractivity contribution in [2.45, 2.75) is 39.4 Å². The number of amides is 1. The zero-order chi connectivity index (χ0) is 18.3. The number of hydrogen-bond acceptors (Lipinski definition) is 1. The van der Waals surface area contributed by atoms with Crippen LogP contribution < -0.4 is 0 Å². The number of alkyl halides is 3. The molecule has 0 aromatic heterocycles. The molecule has 1 aromatic rings. The SMILES string of the molecule is CC(C)(C)C1C=C(c2cc(F)ccc2C(F)(F)F)CCN1C(=O)O. The van der Waals surface area contributed by atoms with Crippen LogP contribution in [0.1, 0.15) is 38.3 Å². The first-order valence-electron chi connectivity index (χ1n) is 7.48. The van der Waals surface area contributed by atoms with Crippen molar-refractivity contribution in [1.82, 2.24) is 4.90 Å². The molecule has 0 radical (unpaired) electrons. The highest BCUT2D eigenvalue weighted by Crippen LogP contribution is 2.40. The van der Waals surface area contributed by atoms with Gasteiger partial charge >= 0.3 is 12.3 Å². The van der Waals surface area contributed by atoms with Crippen molar-refractivity contribution in [2.24, 2.45) is 5.41 Å². The Morgan fingerprint density at radius 1 is 1.25 bits per heavy atom. The number of halogens is 4. The minimum atomic E-state index is -4.61. The Morgan fingerprint density at radius 3 is 2.38 bits per heavy atom. The number of hydrogen-bond donors (Lipinski definition) is 1. The van der Waals surface area contributed by atoms with E-state index in [9.17, 15) is 27.5 Å². The fourth-order valence-corrected chi connectivity index (χ4v) is 2.93. The number of carbonyl (C=O) groups is 1. The summed E-state index contributed by atoms with van der Waals surface area (Å²) in [6, 6.07) is 1.77. The van der Waals surface area contributed by atoms with E-state index in [1.807, 2.05) is 20.8 Å². The van der Waals surface area contributed by atoms with Gasteiger partial charge in [0.1, 0.15) is 5.82 Å². The van der Waals surface area contributed by atoms with Crippen molar-refractivity contribution < 1.29 is 27.5 Å². The molecule has 0 bridgehead atoms. The minimum absolute atomic E-state index is 0.0664. The van der Waals surface area contributed by atoms with E-state index in [1.54, 1.807) is 0 Å². The summed E-state index contributed by atoms with van der Waals surface area (Å²) in [6.45, 7) is 5.49. The van der Waals surface area contributed by atoms with E-state index in [1.165, 1.54) is 11.0 Å². The number of rotatable bonds is 1. The first-order valence-corrected chi connectivity index (χ1v) is 7.48. The highest BCUT2D eigenvalue weighted by molar-refractivity contribution is 5.74. The molecule has 1 amide bonds. The second-order valence-corrected chi connectivity index (χ2v) is 6.92. The zero-order valence-corrected chi connectivity index (χ0v) is 13.6. The second kappa shape index (κ2) is 6.11. The lowest BCUT2D eigenvalue weighted by Gasteiger charge is -2.40. The third-order valence-electron chi connectivity index (χ3n) is 4.08. The molecular formula is C17H19F4NO2. The molecule has 24 heavy (non-hydrogen) atoms. The quantitative estimate of drug-likeness (QED) is 0.726. The molecule has 1 aliphatic rings. The molecule has 132 valence electrons. The van der Waals surface area contributed by atoms with Gasteiger partial charge in [0.2, 0.25) is 0 Å². The van der Waals surface area contributed by atoms with Crippen LogP contribution in [-0.4, -0.2) is 28.7 Å². The normalized spacial score (nSPS) is 19.2. The zero-order valence-electron chi connectivity index (χ0n) is 13.6. The highest BCUT2D eigenvalue weighted by Gasteiger charge is 2.38. The van der Waals surface area contributed by atoms with Gasteiger partial charge in [-0.1, -0.05) is 26.8 Å². The smallest absolute Gasteiger partial charge is 0.416 e. The van der Waals surface area contributed by atoms with Crippen molar-refractivity contribution in [3.63, 3.8) is 0 Å². The average Bonchev–Trinajstić information content (AvgIpc) is 2.44. The van der Waals surface area contributed by atoms with Gasteiger partial charge in [-0.15, -0.1) is 0 Å². The Labute approximate surface area is 137 Å². The maximum Gasteiger partial charge on any atom is 0.416 e. The highest BCUT2D eigenvalue weighted by atomic mass is 19.4. The van der Waals surface area contributed by atoms with E-state index in [2.05, 4.69) is 0 Å². The minimum Gasteiger partial charge on any atom is -0.465 e. The van der Waals surface area contributed by atoms with Crippen LogP contribution in [0.2, 0.25) is 0 Å². The van der Waals surface area contributed by atoms with Crippen LogP contribution >= 0.6 is 0 Å². The molecule has 1 unspecified atom stereocenters. The van der Waals surface area contributed by atoms with E-state index in [-0.39, 0.29) is 18.5 Å². The Morgan fingerprint density at radius 2 is 1.88 bits per heavy atom. The largest absolute Gasteiger partial charge is 0.465 e. The lowest BCUT2D eigenvalue weighted by atomic mass is 9.80. The molecule has 2 rings (SSSR count). The summed E-state index contributed by atoms with van der Waals surface area (Å²) in [4.78, 5) is 12.6. The third-order valence-corrected chi connectivity index (χ3v) is 4.08. The lowest BCUT2D eigenvalue weighted by molar-refractivity contribution is -0.137. The first kappa shape index (κ1) is 18.3. The molecule has 0 saturated heterocycles. The molecule has 7 heteroatoms. The van der Waals surface area contributed by atoms with Crippen LogP contribution in [0, 0.1) is 11.2 Å². The lowest BCUT2D eigenvalue weighted by Crippen LogP contribution is -2.48. The Kier molecular flexibility index (Phi) is 4.65. The van der Waals surface area contributed by atoms with E-state index in [0.717, 1.165) is 18.2 Å². The van der Waals surface area contributed by atoms with Gasteiger partial charge < -0.3 is 10.0 Å². The number of carboxylic acid groups (broad SMARTS) is 1. The molecule has 0 saturated carbocycles. The molecule has 1 aromatic carbocycles. The van der Waals surface area contributed by atoms with Crippen molar-refractivity contribution in [1.29, 1.82) is 0 Å². The molecule has 0 aliphatic carbocycles. The van der Waals surface area contributed by atoms with Gasteiger partial charge in [-0.25, -0.2) is 9.18 Å². The van der Waals surface area contributed by atoms with Crippen LogP contribution in [0.25, 0.3) is 5.57 Å². The van der Waals surface area contributed by atoms with Crippen LogP contribution in [-0.2, 0) is 6.18 Å². The summed E-state index contributed by atoms with van der Waals surface area (Å²) in [7, 11) is 0. The van der Waals surface area contributed by atoms with Gasteiger partial charge in [0.25, 0.3) is 0 Å². The molecule has 3 nitrogen and oxygen atoms in total. The third kappa shape index (κ3) is 3.71. The van der Waals surface area contributed by atoms with Crippen molar-refractivity contribution in [3.8, 4) is 0 Å². The summed E-state index contributed by atoms with van der Waals surface area (Å²) >= 11 is 0. The summed E-state index contributed by atoms with van der Waals surface area (Å²) < 4.78 is 53.2. The van der Waals surface area contributed by atoms with Crippen molar-refractivity contribution >= 4 is 11.7 Å². The fraction of sp³-hybridized carbons (Fsp3) is 0.471. The Balaban J connectivity index is 2.57. The Bertz CT molecular complexity index is 674. The van der Waals surface area contributed by atoms with E-state index in [0.29, 0.717) is 5.57 Å². The summed E-state index contributed by atoms with van der Waals surface area (Å²) in [5, 5.41) is 9.31. The van der Waals surface area contributed by atoms with E-state index in [4.69, 9.17) is 0 Å². The predicted molar refractivity (Wildman–Crippen MR) is 82.0 cm³/mol. The number of benzene rings is 1. The fourth-order valence-electron chi connectivity index (χ4n) is 2.93. The standard InChI is InChI=1S/C17H19F4NO2/c1-16(2,3)14-8-10(6-7-22(14)15(23)24)12-9-11(18)4-5-13(12)17(19,20)21/h4-5,8-9,14H,6-7H2,1-3H3,(H,23,24). The summed E-state index contributed by atoms with van der Waals surface area (Å²) in [6.07, 6.45) is -4.11. The van der Waals surface area contributed by atoms with Crippen LogP contribution in [0.5, 0.6) is 0 Å². The predicted octanol–water partition coefficient (Wildman–Crippen LogP) is 5.03. The van der Waals surface area contributed by atoms with Gasteiger partial charge in [-0.3, -0.25) is 0 Å². The van der Waals surface area contributed by atoms with Crippen LogP contribution in [0.4, 0.5) is 22.4 Å².